The maximum atomic E-state index is 9.50. The molecule has 1 nitrogen and oxygen atoms in total. The molecule has 0 aromatic heterocycles. The fourth-order valence-electron chi connectivity index (χ4n) is 1.77. The Morgan fingerprint density at radius 2 is 2.23 bits per heavy atom. The summed E-state index contributed by atoms with van der Waals surface area (Å²) in [5.74, 6) is 0. The molecule has 0 heterocycles. The Bertz CT molecular complexity index is 213. The topological polar surface area (TPSA) is 20.2 Å². The quantitative estimate of drug-likeness (QED) is 0.661. The minimum absolute atomic E-state index is 0.0891. The maximum absolute atomic E-state index is 9.50. The average molecular weight is 180 g/mol. The van der Waals surface area contributed by atoms with Crippen LogP contribution >= 0.6 is 0 Å². The van der Waals surface area contributed by atoms with E-state index in [2.05, 4.69) is 26.0 Å². The lowest BCUT2D eigenvalue weighted by molar-refractivity contribution is 0.157. The predicted octanol–water partition coefficient (Wildman–Crippen LogP) is 3.20. The monoisotopic (exact) mass is 180 g/mol. The summed E-state index contributed by atoms with van der Waals surface area (Å²) in [7, 11) is 0. The summed E-state index contributed by atoms with van der Waals surface area (Å²) >= 11 is 0. The number of aliphatic hydroxyl groups is 1. The molecule has 0 fully saturated rings. The summed E-state index contributed by atoms with van der Waals surface area (Å²) in [6.07, 6.45) is 9.39. The van der Waals surface area contributed by atoms with Gasteiger partial charge in [-0.2, -0.15) is 0 Å². The van der Waals surface area contributed by atoms with E-state index < -0.39 is 0 Å². The molecular formula is C12H20O. The zero-order valence-corrected chi connectivity index (χ0v) is 8.71. The highest BCUT2D eigenvalue weighted by molar-refractivity contribution is 5.19. The van der Waals surface area contributed by atoms with Gasteiger partial charge >= 0.3 is 0 Å². The molecule has 0 saturated carbocycles. The normalized spacial score (nSPS) is 24.4. The zero-order chi connectivity index (χ0) is 9.68. The molecule has 0 radical (unpaired) electrons. The van der Waals surface area contributed by atoms with E-state index >= 15 is 0 Å². The molecule has 0 saturated heterocycles. The van der Waals surface area contributed by atoms with Gasteiger partial charge in [-0.1, -0.05) is 30.2 Å². The van der Waals surface area contributed by atoms with Crippen LogP contribution in [0.2, 0.25) is 0 Å². The fourth-order valence-corrected chi connectivity index (χ4v) is 1.77. The second-order valence-electron chi connectivity index (χ2n) is 3.86. The predicted molar refractivity (Wildman–Crippen MR) is 56.6 cm³/mol. The molecule has 0 aromatic rings. The second-order valence-corrected chi connectivity index (χ2v) is 3.86. The lowest BCUT2D eigenvalue weighted by Crippen LogP contribution is -2.13. The molecule has 74 valence electrons. The standard InChI is InChI=1S/C12H20O/c1-3-4-5-6-11-9-12(13)8-7-10(11)2/h4-5,12-13H,3,6-9H2,1-2H3/b5-4+. The first-order valence-corrected chi connectivity index (χ1v) is 5.24. The molecular weight excluding hydrogens is 160 g/mol. The van der Waals surface area contributed by atoms with Crippen LogP contribution in [0.25, 0.3) is 0 Å². The van der Waals surface area contributed by atoms with Crippen LogP contribution in [0.3, 0.4) is 0 Å². The zero-order valence-electron chi connectivity index (χ0n) is 8.71. The Morgan fingerprint density at radius 3 is 2.92 bits per heavy atom. The molecule has 1 aliphatic carbocycles. The van der Waals surface area contributed by atoms with E-state index in [9.17, 15) is 5.11 Å². The minimum Gasteiger partial charge on any atom is -0.393 e. The molecule has 1 aliphatic rings. The lowest BCUT2D eigenvalue weighted by Gasteiger charge is -2.21. The molecule has 1 atom stereocenters. The van der Waals surface area contributed by atoms with Gasteiger partial charge in [-0.3, -0.25) is 0 Å². The van der Waals surface area contributed by atoms with E-state index in [1.807, 2.05) is 0 Å². The van der Waals surface area contributed by atoms with Crippen LogP contribution < -0.4 is 0 Å². The number of aliphatic hydroxyl groups excluding tert-OH is 1. The van der Waals surface area contributed by atoms with Crippen molar-refractivity contribution in [2.45, 2.75) is 52.1 Å². The van der Waals surface area contributed by atoms with Crippen molar-refractivity contribution in [3.63, 3.8) is 0 Å². The molecule has 0 spiro atoms. The Kier molecular flexibility index (Phi) is 4.23. The summed E-state index contributed by atoms with van der Waals surface area (Å²) in [5, 5.41) is 9.50. The number of hydrogen-bond acceptors (Lipinski definition) is 1. The van der Waals surface area contributed by atoms with Crippen LogP contribution in [-0.4, -0.2) is 11.2 Å². The number of allylic oxidation sites excluding steroid dienone is 3. The van der Waals surface area contributed by atoms with E-state index in [0.717, 1.165) is 32.1 Å². The highest BCUT2D eigenvalue weighted by Gasteiger charge is 2.15. The molecule has 1 rings (SSSR count). The van der Waals surface area contributed by atoms with Gasteiger partial charge in [0.1, 0.15) is 0 Å². The second kappa shape index (κ2) is 5.23. The van der Waals surface area contributed by atoms with E-state index in [0.29, 0.717) is 0 Å². The van der Waals surface area contributed by atoms with Gasteiger partial charge < -0.3 is 5.11 Å². The van der Waals surface area contributed by atoms with Crippen molar-refractivity contribution in [3.05, 3.63) is 23.3 Å². The van der Waals surface area contributed by atoms with Crippen molar-refractivity contribution in [2.24, 2.45) is 0 Å². The lowest BCUT2D eigenvalue weighted by atomic mass is 9.89. The van der Waals surface area contributed by atoms with Crippen molar-refractivity contribution in [3.8, 4) is 0 Å². The highest BCUT2D eigenvalue weighted by Crippen LogP contribution is 2.27. The van der Waals surface area contributed by atoms with E-state index in [1.165, 1.54) is 11.1 Å². The Balaban J connectivity index is 2.50. The smallest absolute Gasteiger partial charge is 0.0580 e. The van der Waals surface area contributed by atoms with E-state index in [4.69, 9.17) is 0 Å². The summed E-state index contributed by atoms with van der Waals surface area (Å²) in [6, 6.07) is 0. The van der Waals surface area contributed by atoms with Gasteiger partial charge in [0.05, 0.1) is 6.10 Å². The van der Waals surface area contributed by atoms with Crippen LogP contribution in [0.1, 0.15) is 46.0 Å². The molecule has 13 heavy (non-hydrogen) atoms. The maximum Gasteiger partial charge on any atom is 0.0580 e. The average Bonchev–Trinajstić information content (AvgIpc) is 2.11. The van der Waals surface area contributed by atoms with Gasteiger partial charge in [0.2, 0.25) is 0 Å². The minimum atomic E-state index is -0.0891. The molecule has 1 heteroatoms. The third kappa shape index (κ3) is 3.35. The van der Waals surface area contributed by atoms with Crippen LogP contribution in [0, 0.1) is 0 Å². The first-order chi connectivity index (χ1) is 6.24. The molecule has 0 aliphatic heterocycles. The third-order valence-corrected chi connectivity index (χ3v) is 2.70. The summed E-state index contributed by atoms with van der Waals surface area (Å²) < 4.78 is 0. The van der Waals surface area contributed by atoms with Crippen molar-refractivity contribution in [1.82, 2.24) is 0 Å². The highest BCUT2D eigenvalue weighted by atomic mass is 16.3. The van der Waals surface area contributed by atoms with E-state index in [1.54, 1.807) is 0 Å². The Morgan fingerprint density at radius 1 is 1.46 bits per heavy atom. The van der Waals surface area contributed by atoms with Gasteiger partial charge in [0.25, 0.3) is 0 Å². The van der Waals surface area contributed by atoms with Crippen molar-refractivity contribution < 1.29 is 5.11 Å². The number of hydrogen-bond donors (Lipinski definition) is 1. The first-order valence-electron chi connectivity index (χ1n) is 5.24. The molecule has 1 unspecified atom stereocenters. The Hall–Kier alpha value is -0.560. The largest absolute Gasteiger partial charge is 0.393 e. The van der Waals surface area contributed by atoms with Crippen LogP contribution in [0.5, 0.6) is 0 Å². The van der Waals surface area contributed by atoms with Crippen LogP contribution in [0.4, 0.5) is 0 Å². The van der Waals surface area contributed by atoms with E-state index in [-0.39, 0.29) is 6.10 Å². The first kappa shape index (κ1) is 10.5. The molecule has 0 bridgehead atoms. The van der Waals surface area contributed by atoms with Gasteiger partial charge in [0, 0.05) is 0 Å². The van der Waals surface area contributed by atoms with Gasteiger partial charge in [-0.15, -0.1) is 0 Å². The van der Waals surface area contributed by atoms with Gasteiger partial charge in [-0.05, 0) is 39.0 Å². The molecule has 1 N–H and O–H groups in total. The SMILES string of the molecule is CC/C=C/CC1=C(C)CCC(O)C1. The van der Waals surface area contributed by atoms with Gasteiger partial charge in [0.15, 0.2) is 0 Å². The molecule has 0 amide bonds. The Labute approximate surface area is 81.2 Å². The van der Waals surface area contributed by atoms with Crippen LogP contribution in [0.15, 0.2) is 23.3 Å². The molecule has 0 aromatic carbocycles. The van der Waals surface area contributed by atoms with Crippen molar-refractivity contribution in [1.29, 1.82) is 0 Å². The van der Waals surface area contributed by atoms with Gasteiger partial charge in [-0.25, -0.2) is 0 Å². The van der Waals surface area contributed by atoms with Crippen LogP contribution in [-0.2, 0) is 0 Å². The summed E-state index contributed by atoms with van der Waals surface area (Å²) in [6.45, 7) is 4.34. The summed E-state index contributed by atoms with van der Waals surface area (Å²) in [4.78, 5) is 0. The number of rotatable bonds is 3. The third-order valence-electron chi connectivity index (χ3n) is 2.70. The summed E-state index contributed by atoms with van der Waals surface area (Å²) in [5.41, 5.74) is 2.94. The van der Waals surface area contributed by atoms with Crippen molar-refractivity contribution >= 4 is 0 Å². The van der Waals surface area contributed by atoms with Crippen molar-refractivity contribution in [2.75, 3.05) is 0 Å². The fraction of sp³-hybridized carbons (Fsp3) is 0.667.